The first-order valence-corrected chi connectivity index (χ1v) is 8.27. The zero-order chi connectivity index (χ0) is 18.1. The molecule has 7 nitrogen and oxygen atoms in total. The number of benzene rings is 1. The second kappa shape index (κ2) is 6.16. The third-order valence-electron chi connectivity index (χ3n) is 3.10. The molecular weight excluding hydrogens is 359 g/mol. The Balaban J connectivity index is 1.94. The van der Waals surface area contributed by atoms with Crippen molar-refractivity contribution in [2.75, 3.05) is 5.32 Å². The molecule has 0 aliphatic heterocycles. The van der Waals surface area contributed by atoms with Gasteiger partial charge in [-0.1, -0.05) is 12.1 Å². The molecule has 0 fully saturated rings. The van der Waals surface area contributed by atoms with Crippen molar-refractivity contribution in [3.63, 3.8) is 0 Å². The van der Waals surface area contributed by atoms with Crippen molar-refractivity contribution in [2.24, 2.45) is 0 Å². The molecule has 0 bridgehead atoms. The van der Waals surface area contributed by atoms with E-state index in [1.54, 1.807) is 6.07 Å². The first-order valence-electron chi connectivity index (χ1n) is 6.78. The molecule has 0 atom stereocenters. The molecule has 0 saturated carbocycles. The average molecular weight is 369 g/mol. The molecule has 0 saturated heterocycles. The smallest absolute Gasteiger partial charge is 0.352 e. The molecule has 1 N–H and O–H groups in total. The summed E-state index contributed by atoms with van der Waals surface area (Å²) in [5.74, 6) is 0.256. The first-order chi connectivity index (χ1) is 11.8. The normalized spacial score (nSPS) is 12.1. The van der Waals surface area contributed by atoms with Crippen molar-refractivity contribution in [1.82, 2.24) is 19.7 Å². The Morgan fingerprint density at radius 3 is 2.40 bits per heavy atom. The van der Waals surface area contributed by atoms with E-state index in [0.29, 0.717) is 0 Å². The van der Waals surface area contributed by atoms with Crippen LogP contribution in [0.3, 0.4) is 0 Å². The summed E-state index contributed by atoms with van der Waals surface area (Å²) in [6, 6.07) is 6.36. The summed E-state index contributed by atoms with van der Waals surface area (Å²) < 4.78 is 63.1. The zero-order valence-corrected chi connectivity index (χ0v) is 13.2. The summed E-state index contributed by atoms with van der Waals surface area (Å²) >= 11 is 0. The third kappa shape index (κ3) is 3.31. The topological polar surface area (TPSA) is 89.8 Å². The van der Waals surface area contributed by atoms with Gasteiger partial charge in [0.25, 0.3) is 9.84 Å². The van der Waals surface area contributed by atoms with Crippen LogP contribution in [0.4, 0.5) is 24.5 Å². The second-order valence-electron chi connectivity index (χ2n) is 4.79. The van der Waals surface area contributed by atoms with Gasteiger partial charge in [-0.05, 0) is 18.2 Å². The largest absolute Gasteiger partial charge is 0.501 e. The third-order valence-corrected chi connectivity index (χ3v) is 4.64. The molecule has 0 radical (unpaired) electrons. The molecule has 11 heteroatoms. The highest BCUT2D eigenvalue weighted by Gasteiger charge is 2.47. The molecule has 25 heavy (non-hydrogen) atoms. The van der Waals surface area contributed by atoms with Crippen molar-refractivity contribution >= 4 is 21.2 Å². The van der Waals surface area contributed by atoms with Gasteiger partial charge < -0.3 is 5.32 Å². The summed E-state index contributed by atoms with van der Waals surface area (Å²) in [6.45, 7) is 0. The lowest BCUT2D eigenvalue weighted by Crippen LogP contribution is -2.24. The van der Waals surface area contributed by atoms with Gasteiger partial charge in [-0.3, -0.25) is 0 Å². The molecule has 1 aromatic carbocycles. The zero-order valence-electron chi connectivity index (χ0n) is 12.3. The SMILES string of the molecule is O=S(=O)(c1ccccc1Nc1cnn(-c2ncccn2)c1)C(F)(F)F. The molecule has 0 spiro atoms. The monoisotopic (exact) mass is 369 g/mol. The lowest BCUT2D eigenvalue weighted by atomic mass is 10.3. The molecule has 0 aliphatic carbocycles. The molecule has 130 valence electrons. The molecule has 2 aromatic heterocycles. The van der Waals surface area contributed by atoms with Crippen molar-refractivity contribution in [1.29, 1.82) is 0 Å². The fourth-order valence-corrected chi connectivity index (χ4v) is 2.91. The molecule has 3 rings (SSSR count). The van der Waals surface area contributed by atoms with E-state index in [-0.39, 0.29) is 17.3 Å². The number of nitrogens with one attached hydrogen (secondary N) is 1. The number of rotatable bonds is 4. The minimum absolute atomic E-state index is 0.214. The number of nitrogens with zero attached hydrogens (tertiary/aromatic N) is 4. The number of para-hydroxylation sites is 1. The highest BCUT2D eigenvalue weighted by Crippen LogP contribution is 2.35. The van der Waals surface area contributed by atoms with Crippen molar-refractivity contribution in [3.05, 3.63) is 55.1 Å². The van der Waals surface area contributed by atoms with Crippen LogP contribution in [0.1, 0.15) is 0 Å². The Kier molecular flexibility index (Phi) is 4.17. The highest BCUT2D eigenvalue weighted by molar-refractivity contribution is 7.92. The first kappa shape index (κ1) is 16.9. The summed E-state index contributed by atoms with van der Waals surface area (Å²) in [7, 11) is -5.49. The molecule has 0 aliphatic rings. The van der Waals surface area contributed by atoms with Crippen LogP contribution in [-0.4, -0.2) is 33.7 Å². The van der Waals surface area contributed by atoms with Gasteiger partial charge in [0.1, 0.15) is 0 Å². The van der Waals surface area contributed by atoms with Crippen LogP contribution in [-0.2, 0) is 9.84 Å². The van der Waals surface area contributed by atoms with E-state index in [1.165, 1.54) is 47.7 Å². The van der Waals surface area contributed by atoms with Crippen LogP contribution in [0.5, 0.6) is 0 Å². The van der Waals surface area contributed by atoms with Gasteiger partial charge in [0.15, 0.2) is 0 Å². The quantitative estimate of drug-likeness (QED) is 0.761. The van der Waals surface area contributed by atoms with E-state index in [2.05, 4.69) is 20.4 Å². The van der Waals surface area contributed by atoms with Crippen molar-refractivity contribution in [2.45, 2.75) is 10.4 Å². The maximum atomic E-state index is 12.8. The summed E-state index contributed by atoms with van der Waals surface area (Å²) in [6.07, 6.45) is 5.74. The fourth-order valence-electron chi connectivity index (χ4n) is 1.99. The standard InChI is InChI=1S/C14H10F3N5O2S/c15-14(16,17)25(23,24)12-5-2-1-4-11(12)21-10-8-20-22(9-10)13-18-6-3-7-19-13/h1-9,21H. The summed E-state index contributed by atoms with van der Waals surface area (Å²) in [5.41, 5.74) is -5.34. The minimum Gasteiger partial charge on any atom is -0.352 e. The predicted molar refractivity (Wildman–Crippen MR) is 82.1 cm³/mol. The molecule has 0 amide bonds. The van der Waals surface area contributed by atoms with Gasteiger partial charge in [0, 0.05) is 12.4 Å². The number of hydrogen-bond acceptors (Lipinski definition) is 6. The maximum Gasteiger partial charge on any atom is 0.501 e. The van der Waals surface area contributed by atoms with E-state index >= 15 is 0 Å². The molecule has 0 unspecified atom stereocenters. The van der Waals surface area contributed by atoms with E-state index < -0.39 is 20.2 Å². The molecule has 3 aromatic rings. The number of anilines is 2. The van der Waals surface area contributed by atoms with Gasteiger partial charge in [-0.15, -0.1) is 0 Å². The lowest BCUT2D eigenvalue weighted by molar-refractivity contribution is -0.0435. The van der Waals surface area contributed by atoms with E-state index in [1.807, 2.05) is 0 Å². The summed E-state index contributed by atoms with van der Waals surface area (Å²) in [5, 5.41) is 6.60. The van der Waals surface area contributed by atoms with Crippen molar-refractivity contribution < 1.29 is 21.6 Å². The van der Waals surface area contributed by atoms with Gasteiger partial charge >= 0.3 is 5.51 Å². The average Bonchev–Trinajstić information content (AvgIpc) is 3.03. The van der Waals surface area contributed by atoms with E-state index in [0.717, 1.165) is 6.07 Å². The maximum absolute atomic E-state index is 12.8. The van der Waals surface area contributed by atoms with Gasteiger partial charge in [-0.2, -0.15) is 18.3 Å². The summed E-state index contributed by atoms with van der Waals surface area (Å²) in [4.78, 5) is 7.08. The van der Waals surface area contributed by atoms with Gasteiger partial charge in [0.2, 0.25) is 5.95 Å². The van der Waals surface area contributed by atoms with Gasteiger partial charge in [0.05, 0.1) is 28.7 Å². The van der Waals surface area contributed by atoms with E-state index in [4.69, 9.17) is 0 Å². The molecule has 2 heterocycles. The molecular formula is C14H10F3N5O2S. The Hall–Kier alpha value is -2.95. The predicted octanol–water partition coefficient (Wildman–Crippen LogP) is 2.70. The van der Waals surface area contributed by atoms with Crippen LogP contribution >= 0.6 is 0 Å². The number of sulfone groups is 1. The number of hydrogen-bond donors (Lipinski definition) is 1. The second-order valence-corrected chi connectivity index (χ2v) is 6.70. The highest BCUT2D eigenvalue weighted by atomic mass is 32.2. The Bertz CT molecular complexity index is 987. The minimum atomic E-state index is -5.49. The fraction of sp³-hybridized carbons (Fsp3) is 0.0714. The lowest BCUT2D eigenvalue weighted by Gasteiger charge is -2.13. The van der Waals surface area contributed by atoms with E-state index in [9.17, 15) is 21.6 Å². The Morgan fingerprint density at radius 1 is 1.04 bits per heavy atom. The Labute approximate surface area is 140 Å². The van der Waals surface area contributed by atoms with Gasteiger partial charge in [-0.25, -0.2) is 23.1 Å². The number of aromatic nitrogens is 4. The van der Waals surface area contributed by atoms with Crippen LogP contribution in [0.2, 0.25) is 0 Å². The van der Waals surface area contributed by atoms with Crippen LogP contribution < -0.4 is 5.32 Å². The number of alkyl halides is 3. The number of halogens is 3. The Morgan fingerprint density at radius 2 is 1.72 bits per heavy atom. The van der Waals surface area contributed by atoms with Crippen LogP contribution in [0.15, 0.2) is 60.0 Å². The van der Waals surface area contributed by atoms with Crippen molar-refractivity contribution in [3.8, 4) is 5.95 Å². The van der Waals surface area contributed by atoms with Crippen LogP contribution in [0, 0.1) is 0 Å². The van der Waals surface area contributed by atoms with Crippen LogP contribution in [0.25, 0.3) is 5.95 Å².